The maximum atomic E-state index is 11.2. The fourth-order valence-electron chi connectivity index (χ4n) is 2.72. The second kappa shape index (κ2) is 11.1. The van der Waals surface area contributed by atoms with Gasteiger partial charge in [-0.3, -0.25) is 4.79 Å². The topological polar surface area (TPSA) is 61.6 Å². The molecule has 0 aromatic carbocycles. The van der Waals surface area contributed by atoms with Crippen LogP contribution in [0.15, 0.2) is 0 Å². The highest BCUT2D eigenvalue weighted by atomic mass is 16.1. The fourth-order valence-corrected chi connectivity index (χ4v) is 2.72. The average Bonchev–Trinajstić information content (AvgIpc) is 2.69. The monoisotopic (exact) mass is 284 g/mol. The fraction of sp³-hybridized carbons (Fsp3) is 0.933. The van der Waals surface area contributed by atoms with Crippen LogP contribution in [-0.4, -0.2) is 68.6 Å². The van der Waals surface area contributed by atoms with Crippen LogP contribution >= 0.6 is 0 Å². The van der Waals surface area contributed by atoms with Gasteiger partial charge in [-0.1, -0.05) is 6.42 Å². The SMILES string of the molecule is CNC(=O)CCCN1CCCN(CCCCCN)CC1. The van der Waals surface area contributed by atoms with Gasteiger partial charge in [-0.15, -0.1) is 0 Å². The number of nitrogens with one attached hydrogen (secondary N) is 1. The molecule has 1 fully saturated rings. The van der Waals surface area contributed by atoms with Crippen molar-refractivity contribution in [1.82, 2.24) is 15.1 Å². The maximum absolute atomic E-state index is 11.2. The largest absolute Gasteiger partial charge is 0.359 e. The van der Waals surface area contributed by atoms with E-state index in [1.54, 1.807) is 7.05 Å². The second-order valence-corrected chi connectivity index (χ2v) is 5.66. The number of nitrogens with zero attached hydrogens (tertiary/aromatic N) is 2. The third kappa shape index (κ3) is 7.82. The third-order valence-electron chi connectivity index (χ3n) is 4.02. The highest BCUT2D eigenvalue weighted by Crippen LogP contribution is 2.06. The van der Waals surface area contributed by atoms with E-state index in [1.807, 2.05) is 0 Å². The van der Waals surface area contributed by atoms with Gasteiger partial charge in [0.1, 0.15) is 0 Å². The molecule has 1 heterocycles. The molecule has 1 rings (SSSR count). The van der Waals surface area contributed by atoms with E-state index in [-0.39, 0.29) is 5.91 Å². The van der Waals surface area contributed by atoms with Crippen molar-refractivity contribution in [2.24, 2.45) is 5.73 Å². The van der Waals surface area contributed by atoms with Crippen LogP contribution in [-0.2, 0) is 4.79 Å². The quantitative estimate of drug-likeness (QED) is 0.610. The van der Waals surface area contributed by atoms with Crippen LogP contribution < -0.4 is 11.1 Å². The Bertz CT molecular complexity index is 260. The van der Waals surface area contributed by atoms with Gasteiger partial charge in [0.2, 0.25) is 5.91 Å². The molecule has 0 aromatic rings. The number of carbonyl (C=O) groups excluding carboxylic acids is 1. The molecule has 0 bridgehead atoms. The molecule has 1 aliphatic rings. The van der Waals surface area contributed by atoms with E-state index in [9.17, 15) is 4.79 Å². The minimum Gasteiger partial charge on any atom is -0.359 e. The van der Waals surface area contributed by atoms with Crippen LogP contribution in [0.4, 0.5) is 0 Å². The third-order valence-corrected chi connectivity index (χ3v) is 4.02. The van der Waals surface area contributed by atoms with Crippen LogP contribution in [0.5, 0.6) is 0 Å². The number of amides is 1. The lowest BCUT2D eigenvalue weighted by molar-refractivity contribution is -0.120. The molecule has 1 amide bonds. The van der Waals surface area contributed by atoms with Gasteiger partial charge in [0.25, 0.3) is 0 Å². The van der Waals surface area contributed by atoms with Gasteiger partial charge < -0.3 is 20.9 Å². The Hall–Kier alpha value is -0.650. The zero-order valence-electron chi connectivity index (χ0n) is 13.1. The molecule has 1 aliphatic heterocycles. The van der Waals surface area contributed by atoms with Gasteiger partial charge in [-0.25, -0.2) is 0 Å². The maximum Gasteiger partial charge on any atom is 0.219 e. The van der Waals surface area contributed by atoms with Crippen molar-refractivity contribution >= 4 is 5.91 Å². The van der Waals surface area contributed by atoms with E-state index in [0.717, 1.165) is 32.5 Å². The van der Waals surface area contributed by atoms with Gasteiger partial charge in [-0.2, -0.15) is 0 Å². The van der Waals surface area contributed by atoms with Crippen LogP contribution in [0.25, 0.3) is 0 Å². The zero-order chi connectivity index (χ0) is 14.6. The molecule has 0 radical (unpaired) electrons. The molecule has 20 heavy (non-hydrogen) atoms. The molecule has 0 atom stereocenters. The van der Waals surface area contributed by atoms with E-state index in [0.29, 0.717) is 6.42 Å². The summed E-state index contributed by atoms with van der Waals surface area (Å²) in [5.74, 6) is 0.154. The van der Waals surface area contributed by atoms with Crippen molar-refractivity contribution in [2.45, 2.75) is 38.5 Å². The molecule has 5 nitrogen and oxygen atoms in total. The minimum absolute atomic E-state index is 0.154. The summed E-state index contributed by atoms with van der Waals surface area (Å²) < 4.78 is 0. The number of carbonyl (C=O) groups is 1. The molecule has 3 N–H and O–H groups in total. The van der Waals surface area contributed by atoms with Crippen molar-refractivity contribution in [3.8, 4) is 0 Å². The first kappa shape index (κ1) is 17.4. The number of unbranched alkanes of at least 4 members (excludes halogenated alkanes) is 2. The Balaban J connectivity index is 2.10. The van der Waals surface area contributed by atoms with Crippen LogP contribution in [0.3, 0.4) is 0 Å². The molecule has 0 unspecified atom stereocenters. The van der Waals surface area contributed by atoms with Gasteiger partial charge in [0, 0.05) is 26.6 Å². The first-order chi connectivity index (χ1) is 9.76. The van der Waals surface area contributed by atoms with Crippen molar-refractivity contribution in [3.63, 3.8) is 0 Å². The zero-order valence-corrected chi connectivity index (χ0v) is 13.1. The number of hydrogen-bond donors (Lipinski definition) is 2. The lowest BCUT2D eigenvalue weighted by Crippen LogP contribution is -2.32. The van der Waals surface area contributed by atoms with Gasteiger partial charge in [0.15, 0.2) is 0 Å². The number of rotatable bonds is 9. The molecular weight excluding hydrogens is 252 g/mol. The Labute approximate surface area is 123 Å². The normalized spacial score (nSPS) is 17.9. The second-order valence-electron chi connectivity index (χ2n) is 5.66. The molecular formula is C15H32N4O. The molecule has 1 saturated heterocycles. The predicted octanol–water partition coefficient (Wildman–Crippen LogP) is 0.649. The Kier molecular flexibility index (Phi) is 9.62. The minimum atomic E-state index is 0.154. The molecule has 118 valence electrons. The molecule has 0 saturated carbocycles. The summed E-state index contributed by atoms with van der Waals surface area (Å²) >= 11 is 0. The van der Waals surface area contributed by atoms with Crippen molar-refractivity contribution in [3.05, 3.63) is 0 Å². The smallest absolute Gasteiger partial charge is 0.219 e. The summed E-state index contributed by atoms with van der Waals surface area (Å²) in [5.41, 5.74) is 5.52. The lowest BCUT2D eigenvalue weighted by Gasteiger charge is -2.21. The van der Waals surface area contributed by atoms with Crippen molar-refractivity contribution < 1.29 is 4.79 Å². The Morgan fingerprint density at radius 1 is 1.00 bits per heavy atom. The summed E-state index contributed by atoms with van der Waals surface area (Å²) in [6.45, 7) is 7.79. The highest BCUT2D eigenvalue weighted by Gasteiger charge is 2.14. The number of hydrogen-bond acceptors (Lipinski definition) is 4. The van der Waals surface area contributed by atoms with E-state index < -0.39 is 0 Å². The summed E-state index contributed by atoms with van der Waals surface area (Å²) in [5, 5.41) is 2.68. The molecule has 0 spiro atoms. The van der Waals surface area contributed by atoms with Gasteiger partial charge in [0.05, 0.1) is 0 Å². The Morgan fingerprint density at radius 2 is 1.65 bits per heavy atom. The van der Waals surface area contributed by atoms with Crippen LogP contribution in [0, 0.1) is 0 Å². The lowest BCUT2D eigenvalue weighted by atomic mass is 10.2. The molecule has 0 aromatic heterocycles. The van der Waals surface area contributed by atoms with Crippen molar-refractivity contribution in [1.29, 1.82) is 0 Å². The highest BCUT2D eigenvalue weighted by molar-refractivity contribution is 5.75. The summed E-state index contributed by atoms with van der Waals surface area (Å²) in [6, 6.07) is 0. The van der Waals surface area contributed by atoms with Crippen LogP contribution in [0.2, 0.25) is 0 Å². The van der Waals surface area contributed by atoms with E-state index in [1.165, 1.54) is 45.4 Å². The molecule has 0 aliphatic carbocycles. The van der Waals surface area contributed by atoms with Crippen LogP contribution in [0.1, 0.15) is 38.5 Å². The predicted molar refractivity (Wildman–Crippen MR) is 83.7 cm³/mol. The number of nitrogens with two attached hydrogens (primary N) is 1. The van der Waals surface area contributed by atoms with E-state index in [4.69, 9.17) is 5.73 Å². The molecule has 5 heteroatoms. The Morgan fingerprint density at radius 3 is 2.25 bits per heavy atom. The van der Waals surface area contributed by atoms with Gasteiger partial charge in [-0.05, 0) is 58.4 Å². The first-order valence-corrected chi connectivity index (χ1v) is 8.11. The standard InChI is InChI=1S/C15H32N4O/c1-17-15(20)7-5-10-19-12-6-11-18(13-14-19)9-4-2-3-8-16/h2-14,16H2,1H3,(H,17,20). The summed E-state index contributed by atoms with van der Waals surface area (Å²) in [7, 11) is 1.71. The van der Waals surface area contributed by atoms with E-state index >= 15 is 0 Å². The van der Waals surface area contributed by atoms with Gasteiger partial charge >= 0.3 is 0 Å². The van der Waals surface area contributed by atoms with Crippen molar-refractivity contribution in [2.75, 3.05) is 52.9 Å². The summed E-state index contributed by atoms with van der Waals surface area (Å²) in [4.78, 5) is 16.3. The summed E-state index contributed by atoms with van der Waals surface area (Å²) in [6.07, 6.45) is 6.54. The van der Waals surface area contributed by atoms with E-state index in [2.05, 4.69) is 15.1 Å². The first-order valence-electron chi connectivity index (χ1n) is 8.11. The average molecular weight is 284 g/mol.